The van der Waals surface area contributed by atoms with Gasteiger partial charge < -0.3 is 15.4 Å². The van der Waals surface area contributed by atoms with E-state index < -0.39 is 6.10 Å². The number of carbonyl (C=O) groups excluding carboxylic acids is 3. The zero-order valence-corrected chi connectivity index (χ0v) is 14.3. The highest BCUT2D eigenvalue weighted by atomic mass is 16.5. The highest BCUT2D eigenvalue weighted by molar-refractivity contribution is 5.95. The molecule has 0 aliphatic rings. The number of carbonyl (C=O) groups is 3. The van der Waals surface area contributed by atoms with Gasteiger partial charge in [0.1, 0.15) is 5.75 Å². The maximum Gasteiger partial charge on any atom is 0.265 e. The molecule has 0 heterocycles. The first-order valence-electron chi connectivity index (χ1n) is 7.81. The molecule has 2 amide bonds. The second kappa shape index (κ2) is 8.10. The SMILES string of the molecule is CC(=O)Nc1ccc(NC(=O)C(C)Oc2cccc(C(C)=O)c2)cc1. The molecule has 0 aliphatic heterocycles. The molecular formula is C19H20N2O4. The second-order valence-corrected chi connectivity index (χ2v) is 5.59. The molecule has 25 heavy (non-hydrogen) atoms. The Morgan fingerprint density at radius 1 is 0.920 bits per heavy atom. The third-order valence-electron chi connectivity index (χ3n) is 3.40. The Morgan fingerprint density at radius 3 is 2.08 bits per heavy atom. The van der Waals surface area contributed by atoms with E-state index >= 15 is 0 Å². The van der Waals surface area contributed by atoms with Crippen LogP contribution < -0.4 is 15.4 Å². The summed E-state index contributed by atoms with van der Waals surface area (Å²) in [5.74, 6) is -0.0923. The third-order valence-corrected chi connectivity index (χ3v) is 3.40. The summed E-state index contributed by atoms with van der Waals surface area (Å²) in [4.78, 5) is 34.6. The van der Waals surface area contributed by atoms with Crippen molar-refractivity contribution in [3.8, 4) is 5.75 Å². The average molecular weight is 340 g/mol. The fraction of sp³-hybridized carbons (Fsp3) is 0.211. The third kappa shape index (κ3) is 5.46. The largest absolute Gasteiger partial charge is 0.481 e. The molecule has 6 heteroatoms. The van der Waals surface area contributed by atoms with Gasteiger partial charge in [-0.2, -0.15) is 0 Å². The first-order valence-corrected chi connectivity index (χ1v) is 7.81. The van der Waals surface area contributed by atoms with Crippen molar-refractivity contribution in [3.05, 3.63) is 54.1 Å². The molecule has 0 radical (unpaired) electrons. The molecule has 0 saturated carbocycles. The number of benzene rings is 2. The quantitative estimate of drug-likeness (QED) is 0.791. The molecular weight excluding hydrogens is 320 g/mol. The van der Waals surface area contributed by atoms with Crippen LogP contribution in [0.2, 0.25) is 0 Å². The highest BCUT2D eigenvalue weighted by Crippen LogP contribution is 2.17. The minimum absolute atomic E-state index is 0.0678. The van der Waals surface area contributed by atoms with Crippen molar-refractivity contribution < 1.29 is 19.1 Å². The van der Waals surface area contributed by atoms with Crippen molar-refractivity contribution in [2.75, 3.05) is 10.6 Å². The number of hydrogen-bond donors (Lipinski definition) is 2. The number of ketones is 1. The number of nitrogens with one attached hydrogen (secondary N) is 2. The van der Waals surface area contributed by atoms with Crippen molar-refractivity contribution >= 4 is 29.0 Å². The van der Waals surface area contributed by atoms with Gasteiger partial charge in [0.25, 0.3) is 5.91 Å². The van der Waals surface area contributed by atoms with E-state index in [4.69, 9.17) is 4.74 Å². The summed E-state index contributed by atoms with van der Waals surface area (Å²) >= 11 is 0. The van der Waals surface area contributed by atoms with Gasteiger partial charge in [-0.3, -0.25) is 14.4 Å². The summed E-state index contributed by atoms with van der Waals surface area (Å²) in [6.07, 6.45) is -0.739. The lowest BCUT2D eigenvalue weighted by molar-refractivity contribution is -0.122. The van der Waals surface area contributed by atoms with E-state index in [0.29, 0.717) is 22.7 Å². The predicted octanol–water partition coefficient (Wildman–Crippen LogP) is 3.25. The summed E-state index contributed by atoms with van der Waals surface area (Å²) in [5.41, 5.74) is 1.77. The fourth-order valence-corrected chi connectivity index (χ4v) is 2.13. The molecule has 0 saturated heterocycles. The Labute approximate surface area is 146 Å². The molecule has 1 atom stereocenters. The lowest BCUT2D eigenvalue weighted by Crippen LogP contribution is -2.30. The minimum Gasteiger partial charge on any atom is -0.481 e. The van der Waals surface area contributed by atoms with E-state index in [0.717, 1.165) is 0 Å². The molecule has 2 aromatic carbocycles. The monoisotopic (exact) mass is 340 g/mol. The summed E-state index contributed by atoms with van der Waals surface area (Å²) in [6.45, 7) is 4.52. The average Bonchev–Trinajstić information content (AvgIpc) is 2.56. The fourth-order valence-electron chi connectivity index (χ4n) is 2.13. The topological polar surface area (TPSA) is 84.5 Å². The van der Waals surface area contributed by atoms with Crippen LogP contribution in [0.25, 0.3) is 0 Å². The van der Waals surface area contributed by atoms with Crippen LogP contribution >= 0.6 is 0 Å². The maximum atomic E-state index is 12.2. The number of anilines is 2. The Morgan fingerprint density at radius 2 is 1.52 bits per heavy atom. The summed E-state index contributed by atoms with van der Waals surface area (Å²) in [6, 6.07) is 13.5. The minimum atomic E-state index is -0.739. The standard InChI is InChI=1S/C19H20N2O4/c1-12(22)15-5-4-6-18(11-15)25-13(2)19(24)21-17-9-7-16(8-10-17)20-14(3)23/h4-11,13H,1-3H3,(H,20,23)(H,21,24). The van der Waals surface area contributed by atoms with E-state index in [1.54, 1.807) is 55.5 Å². The summed E-state index contributed by atoms with van der Waals surface area (Å²) < 4.78 is 5.59. The predicted molar refractivity (Wildman–Crippen MR) is 95.9 cm³/mol. The van der Waals surface area contributed by atoms with Crippen LogP contribution in [0.3, 0.4) is 0 Å². The van der Waals surface area contributed by atoms with Crippen LogP contribution in [0.5, 0.6) is 5.75 Å². The Bertz CT molecular complexity index is 784. The van der Waals surface area contributed by atoms with Gasteiger partial charge in [-0.25, -0.2) is 0 Å². The lowest BCUT2D eigenvalue weighted by atomic mass is 10.1. The van der Waals surface area contributed by atoms with Crippen molar-refractivity contribution in [1.82, 2.24) is 0 Å². The van der Waals surface area contributed by atoms with Crippen LogP contribution in [0, 0.1) is 0 Å². The molecule has 2 aromatic rings. The molecule has 0 fully saturated rings. The molecule has 130 valence electrons. The van der Waals surface area contributed by atoms with Gasteiger partial charge in [-0.15, -0.1) is 0 Å². The van der Waals surface area contributed by atoms with E-state index in [9.17, 15) is 14.4 Å². The van der Waals surface area contributed by atoms with Crippen LogP contribution in [-0.2, 0) is 9.59 Å². The first-order chi connectivity index (χ1) is 11.8. The number of ether oxygens (including phenoxy) is 1. The molecule has 0 bridgehead atoms. The van der Waals surface area contributed by atoms with Crippen molar-refractivity contribution in [3.63, 3.8) is 0 Å². The number of Topliss-reactive ketones (excluding diaryl/α,β-unsaturated/α-hetero) is 1. The number of rotatable bonds is 6. The Hall–Kier alpha value is -3.15. The van der Waals surface area contributed by atoms with Crippen molar-refractivity contribution in [2.45, 2.75) is 26.9 Å². The summed E-state index contributed by atoms with van der Waals surface area (Å²) in [5, 5.41) is 5.39. The molecule has 1 unspecified atom stereocenters. The lowest BCUT2D eigenvalue weighted by Gasteiger charge is -2.15. The summed E-state index contributed by atoms with van der Waals surface area (Å²) in [7, 11) is 0. The van der Waals surface area contributed by atoms with Gasteiger partial charge in [0, 0.05) is 23.9 Å². The molecule has 0 spiro atoms. The van der Waals surface area contributed by atoms with Crippen LogP contribution in [0.4, 0.5) is 11.4 Å². The highest BCUT2D eigenvalue weighted by Gasteiger charge is 2.15. The molecule has 2 N–H and O–H groups in total. The van der Waals surface area contributed by atoms with Crippen LogP contribution in [0.15, 0.2) is 48.5 Å². The molecule has 6 nitrogen and oxygen atoms in total. The zero-order chi connectivity index (χ0) is 18.4. The van der Waals surface area contributed by atoms with Gasteiger partial charge in [-0.05, 0) is 50.2 Å². The van der Waals surface area contributed by atoms with E-state index in [2.05, 4.69) is 10.6 Å². The van der Waals surface area contributed by atoms with Crippen molar-refractivity contribution in [2.24, 2.45) is 0 Å². The zero-order valence-electron chi connectivity index (χ0n) is 14.3. The molecule has 0 aromatic heterocycles. The van der Waals surface area contributed by atoms with Crippen LogP contribution in [0.1, 0.15) is 31.1 Å². The van der Waals surface area contributed by atoms with Gasteiger partial charge in [0.2, 0.25) is 5.91 Å². The number of hydrogen-bond acceptors (Lipinski definition) is 4. The van der Waals surface area contributed by atoms with E-state index in [-0.39, 0.29) is 17.6 Å². The van der Waals surface area contributed by atoms with Gasteiger partial charge in [-0.1, -0.05) is 12.1 Å². The first kappa shape index (κ1) is 18.2. The van der Waals surface area contributed by atoms with Gasteiger partial charge in [0.15, 0.2) is 11.9 Å². The Balaban J connectivity index is 1.97. The van der Waals surface area contributed by atoms with Gasteiger partial charge >= 0.3 is 0 Å². The maximum absolute atomic E-state index is 12.2. The second-order valence-electron chi connectivity index (χ2n) is 5.59. The van der Waals surface area contributed by atoms with E-state index in [1.807, 2.05) is 0 Å². The smallest absolute Gasteiger partial charge is 0.265 e. The molecule has 0 aliphatic carbocycles. The van der Waals surface area contributed by atoms with Crippen molar-refractivity contribution in [1.29, 1.82) is 0 Å². The van der Waals surface area contributed by atoms with Crippen LogP contribution in [-0.4, -0.2) is 23.7 Å². The number of amides is 2. The van der Waals surface area contributed by atoms with Gasteiger partial charge in [0.05, 0.1) is 0 Å². The molecule has 2 rings (SSSR count). The normalized spacial score (nSPS) is 11.3. The van der Waals surface area contributed by atoms with E-state index in [1.165, 1.54) is 13.8 Å². The Kier molecular flexibility index (Phi) is 5.89.